The van der Waals surface area contributed by atoms with Crippen LogP contribution in [0.1, 0.15) is 13.8 Å². The van der Waals surface area contributed by atoms with Crippen molar-refractivity contribution in [1.29, 1.82) is 0 Å². The van der Waals surface area contributed by atoms with E-state index in [2.05, 4.69) is 36.2 Å². The summed E-state index contributed by atoms with van der Waals surface area (Å²) in [5, 5.41) is 2.86. The number of ether oxygens (including phenoxy) is 1. The SMILES string of the molecule is CC(C)Oc1nc(N)nc(Nc2cc(F)ccc2Br)n1. The molecular formula is C12H13BrFN5O. The monoisotopic (exact) mass is 341 g/mol. The van der Waals surface area contributed by atoms with Gasteiger partial charge in [0.1, 0.15) is 5.82 Å². The number of hydrogen-bond acceptors (Lipinski definition) is 6. The molecule has 0 spiro atoms. The minimum absolute atomic E-state index is 0.0191. The highest BCUT2D eigenvalue weighted by Crippen LogP contribution is 2.26. The normalized spacial score (nSPS) is 10.7. The molecule has 20 heavy (non-hydrogen) atoms. The summed E-state index contributed by atoms with van der Waals surface area (Å²) in [6.45, 7) is 3.69. The van der Waals surface area contributed by atoms with Gasteiger partial charge in [0.05, 0.1) is 11.8 Å². The van der Waals surface area contributed by atoms with E-state index in [0.717, 1.165) is 0 Å². The second-order valence-corrected chi connectivity index (χ2v) is 5.07. The molecule has 0 fully saturated rings. The molecule has 2 aromatic rings. The Hall–Kier alpha value is -1.96. The van der Waals surface area contributed by atoms with E-state index in [0.29, 0.717) is 10.2 Å². The van der Waals surface area contributed by atoms with E-state index in [9.17, 15) is 4.39 Å². The van der Waals surface area contributed by atoms with Crippen LogP contribution in [0.25, 0.3) is 0 Å². The van der Waals surface area contributed by atoms with Crippen LogP contribution in [-0.2, 0) is 0 Å². The van der Waals surface area contributed by atoms with Gasteiger partial charge in [-0.3, -0.25) is 0 Å². The van der Waals surface area contributed by atoms with E-state index in [-0.39, 0.29) is 29.8 Å². The molecule has 0 atom stereocenters. The van der Waals surface area contributed by atoms with E-state index in [1.807, 2.05) is 13.8 Å². The first-order chi connectivity index (χ1) is 9.44. The van der Waals surface area contributed by atoms with Crippen LogP contribution in [0.4, 0.5) is 22.0 Å². The molecule has 0 bridgehead atoms. The largest absolute Gasteiger partial charge is 0.461 e. The maximum atomic E-state index is 13.2. The minimum atomic E-state index is -0.378. The fourth-order valence-electron chi connectivity index (χ4n) is 1.41. The van der Waals surface area contributed by atoms with Crippen molar-refractivity contribution in [3.63, 3.8) is 0 Å². The number of nitrogens with two attached hydrogens (primary N) is 1. The number of benzene rings is 1. The van der Waals surface area contributed by atoms with Crippen molar-refractivity contribution in [2.45, 2.75) is 20.0 Å². The zero-order valence-corrected chi connectivity index (χ0v) is 12.5. The Kier molecular flexibility index (Phi) is 4.33. The lowest BCUT2D eigenvalue weighted by atomic mass is 10.3. The van der Waals surface area contributed by atoms with Crippen molar-refractivity contribution in [1.82, 2.24) is 15.0 Å². The van der Waals surface area contributed by atoms with Gasteiger partial charge >= 0.3 is 6.01 Å². The number of hydrogen-bond donors (Lipinski definition) is 2. The van der Waals surface area contributed by atoms with E-state index >= 15 is 0 Å². The highest BCUT2D eigenvalue weighted by molar-refractivity contribution is 9.10. The van der Waals surface area contributed by atoms with Crippen molar-refractivity contribution in [3.05, 3.63) is 28.5 Å². The maximum absolute atomic E-state index is 13.2. The molecule has 0 saturated heterocycles. The lowest BCUT2D eigenvalue weighted by molar-refractivity contribution is 0.222. The number of nitrogens with zero attached hydrogens (tertiary/aromatic N) is 3. The van der Waals surface area contributed by atoms with Gasteiger partial charge in [0, 0.05) is 4.47 Å². The first-order valence-electron chi connectivity index (χ1n) is 5.84. The van der Waals surface area contributed by atoms with Crippen molar-refractivity contribution >= 4 is 33.5 Å². The Labute approximate surface area is 123 Å². The van der Waals surface area contributed by atoms with Crippen LogP contribution in [0.5, 0.6) is 6.01 Å². The molecule has 0 saturated carbocycles. The van der Waals surface area contributed by atoms with E-state index in [4.69, 9.17) is 10.5 Å². The molecule has 0 aliphatic heterocycles. The van der Waals surface area contributed by atoms with Gasteiger partial charge in [-0.1, -0.05) is 0 Å². The van der Waals surface area contributed by atoms with Crippen molar-refractivity contribution in [2.75, 3.05) is 11.1 Å². The topological polar surface area (TPSA) is 86.0 Å². The molecule has 1 aromatic carbocycles. The third-order valence-corrected chi connectivity index (χ3v) is 2.84. The molecule has 0 radical (unpaired) electrons. The molecule has 8 heteroatoms. The molecule has 3 N–H and O–H groups in total. The first kappa shape index (κ1) is 14.4. The molecule has 0 amide bonds. The summed E-state index contributed by atoms with van der Waals surface area (Å²) < 4.78 is 19.2. The van der Waals surface area contributed by atoms with E-state index in [1.54, 1.807) is 6.07 Å². The first-order valence-corrected chi connectivity index (χ1v) is 6.63. The quantitative estimate of drug-likeness (QED) is 0.889. The third-order valence-electron chi connectivity index (χ3n) is 2.15. The highest BCUT2D eigenvalue weighted by Gasteiger charge is 2.09. The Morgan fingerprint density at radius 1 is 1.30 bits per heavy atom. The van der Waals surface area contributed by atoms with Crippen molar-refractivity contribution in [2.24, 2.45) is 0 Å². The van der Waals surface area contributed by atoms with Crippen molar-refractivity contribution < 1.29 is 9.13 Å². The van der Waals surface area contributed by atoms with Gasteiger partial charge in [-0.05, 0) is 48.0 Å². The van der Waals surface area contributed by atoms with Crippen LogP contribution in [0, 0.1) is 5.82 Å². The van der Waals surface area contributed by atoms with Gasteiger partial charge in [-0.2, -0.15) is 15.0 Å². The van der Waals surface area contributed by atoms with Crippen LogP contribution in [0.3, 0.4) is 0 Å². The third kappa shape index (κ3) is 3.77. The predicted molar refractivity (Wildman–Crippen MR) is 77.4 cm³/mol. The lowest BCUT2D eigenvalue weighted by Gasteiger charge is -2.11. The second kappa shape index (κ2) is 6.00. The average Bonchev–Trinajstić information content (AvgIpc) is 2.32. The smallest absolute Gasteiger partial charge is 0.323 e. The molecular weight excluding hydrogens is 329 g/mol. The van der Waals surface area contributed by atoms with Crippen LogP contribution < -0.4 is 15.8 Å². The molecule has 6 nitrogen and oxygen atoms in total. The van der Waals surface area contributed by atoms with Crippen LogP contribution in [0.15, 0.2) is 22.7 Å². The zero-order valence-electron chi connectivity index (χ0n) is 10.9. The standard InChI is InChI=1S/C12H13BrFN5O/c1-6(2)20-12-18-10(15)17-11(19-12)16-9-5-7(14)3-4-8(9)13/h3-6H,1-2H3,(H3,15,16,17,18,19). The van der Waals surface area contributed by atoms with Gasteiger partial charge in [-0.25, -0.2) is 4.39 Å². The van der Waals surface area contributed by atoms with E-state index in [1.165, 1.54) is 12.1 Å². The van der Waals surface area contributed by atoms with Crippen LogP contribution in [-0.4, -0.2) is 21.1 Å². The Morgan fingerprint density at radius 2 is 2.05 bits per heavy atom. The molecule has 1 heterocycles. The summed E-state index contributed by atoms with van der Waals surface area (Å²) in [4.78, 5) is 11.9. The summed E-state index contributed by atoms with van der Waals surface area (Å²) in [7, 11) is 0. The molecule has 106 valence electrons. The van der Waals surface area contributed by atoms with Crippen LogP contribution in [0.2, 0.25) is 0 Å². The molecule has 2 rings (SSSR count). The van der Waals surface area contributed by atoms with Crippen molar-refractivity contribution in [3.8, 4) is 6.01 Å². The van der Waals surface area contributed by atoms with E-state index < -0.39 is 0 Å². The Balaban J connectivity index is 2.28. The number of anilines is 3. The molecule has 0 aliphatic carbocycles. The van der Waals surface area contributed by atoms with Gasteiger partial charge in [-0.15, -0.1) is 0 Å². The highest BCUT2D eigenvalue weighted by atomic mass is 79.9. The number of nitrogens with one attached hydrogen (secondary N) is 1. The second-order valence-electron chi connectivity index (χ2n) is 4.22. The summed E-state index contributed by atoms with van der Waals surface area (Å²) in [6.07, 6.45) is -0.0921. The number of rotatable bonds is 4. The zero-order chi connectivity index (χ0) is 14.7. The maximum Gasteiger partial charge on any atom is 0.323 e. The van der Waals surface area contributed by atoms with Crippen LogP contribution >= 0.6 is 15.9 Å². The predicted octanol–water partition coefficient (Wildman–Crippen LogP) is 2.89. The average molecular weight is 342 g/mol. The molecule has 1 aromatic heterocycles. The summed E-state index contributed by atoms with van der Waals surface area (Å²) in [5.41, 5.74) is 6.07. The summed E-state index contributed by atoms with van der Waals surface area (Å²) >= 11 is 3.30. The number of nitrogen functional groups attached to an aromatic ring is 1. The lowest BCUT2D eigenvalue weighted by Crippen LogP contribution is -2.11. The number of halogens is 2. The molecule has 0 aliphatic rings. The summed E-state index contributed by atoms with van der Waals surface area (Å²) in [5.74, 6) is -0.179. The Bertz CT molecular complexity index is 623. The fraction of sp³-hybridized carbons (Fsp3) is 0.250. The minimum Gasteiger partial charge on any atom is -0.461 e. The summed E-state index contributed by atoms with van der Waals surface area (Å²) in [6, 6.07) is 4.34. The Morgan fingerprint density at radius 3 is 2.75 bits per heavy atom. The fourth-order valence-corrected chi connectivity index (χ4v) is 1.75. The number of aromatic nitrogens is 3. The van der Waals surface area contributed by atoms with Gasteiger partial charge in [0.25, 0.3) is 0 Å². The molecule has 0 unspecified atom stereocenters. The van der Waals surface area contributed by atoms with Gasteiger partial charge in [0.15, 0.2) is 0 Å². The van der Waals surface area contributed by atoms with Gasteiger partial charge in [0.2, 0.25) is 11.9 Å². The van der Waals surface area contributed by atoms with Gasteiger partial charge < -0.3 is 15.8 Å².